The number of carbonyl (C=O) groups is 1. The van der Waals surface area contributed by atoms with Crippen LogP contribution in [-0.2, 0) is 14.8 Å². The van der Waals surface area contributed by atoms with E-state index < -0.39 is 10.0 Å². The highest BCUT2D eigenvalue weighted by molar-refractivity contribution is 7.89. The summed E-state index contributed by atoms with van der Waals surface area (Å²) in [6, 6.07) is 5.36. The second kappa shape index (κ2) is 9.37. The van der Waals surface area contributed by atoms with Crippen molar-refractivity contribution in [3.8, 4) is 0 Å². The molecule has 0 radical (unpaired) electrons. The maximum absolute atomic E-state index is 12.5. The zero-order valence-corrected chi connectivity index (χ0v) is 17.7. The van der Waals surface area contributed by atoms with Crippen LogP contribution in [0.3, 0.4) is 0 Å². The highest BCUT2D eigenvalue weighted by atomic mass is 35.5. The van der Waals surface area contributed by atoms with Crippen molar-refractivity contribution in [3.63, 3.8) is 0 Å². The van der Waals surface area contributed by atoms with Crippen LogP contribution in [0.4, 0.5) is 0 Å². The molecule has 3 rings (SSSR count). The first-order valence-electron chi connectivity index (χ1n) is 9.42. The number of halogens is 1. The normalized spacial score (nSPS) is 22.7. The van der Waals surface area contributed by atoms with Crippen LogP contribution >= 0.6 is 12.4 Å². The molecule has 0 spiro atoms. The first-order chi connectivity index (χ1) is 12.4. The molecule has 1 aromatic carbocycles. The van der Waals surface area contributed by atoms with Crippen LogP contribution in [0.5, 0.6) is 0 Å². The number of sulfonamides is 1. The predicted molar refractivity (Wildman–Crippen MR) is 109 cm³/mol. The van der Waals surface area contributed by atoms with Gasteiger partial charge in [0.15, 0.2) is 0 Å². The lowest BCUT2D eigenvalue weighted by Crippen LogP contribution is -2.35. The third kappa shape index (κ3) is 5.44. The lowest BCUT2D eigenvalue weighted by Gasteiger charge is -2.21. The molecule has 2 aliphatic rings. The molecule has 1 aromatic rings. The van der Waals surface area contributed by atoms with Crippen LogP contribution in [0, 0.1) is 25.7 Å². The minimum Gasteiger partial charge on any atom is -0.343 e. The van der Waals surface area contributed by atoms with E-state index in [0.717, 1.165) is 44.6 Å². The van der Waals surface area contributed by atoms with Gasteiger partial charge in [0.2, 0.25) is 15.9 Å². The molecule has 2 fully saturated rings. The van der Waals surface area contributed by atoms with Crippen molar-refractivity contribution in [3.05, 3.63) is 29.3 Å². The molecular formula is C19H30ClN3O3S. The van der Waals surface area contributed by atoms with Gasteiger partial charge in [0, 0.05) is 26.1 Å². The second-order valence-electron chi connectivity index (χ2n) is 7.55. The maximum Gasteiger partial charge on any atom is 0.240 e. The van der Waals surface area contributed by atoms with Gasteiger partial charge in [-0.2, -0.15) is 0 Å². The molecule has 0 bridgehead atoms. The average molecular weight is 416 g/mol. The smallest absolute Gasteiger partial charge is 0.240 e. The van der Waals surface area contributed by atoms with Crippen molar-refractivity contribution in [2.45, 2.75) is 38.0 Å². The lowest BCUT2D eigenvalue weighted by molar-refractivity contribution is -0.131. The van der Waals surface area contributed by atoms with Crippen molar-refractivity contribution in [2.75, 3.05) is 32.7 Å². The van der Waals surface area contributed by atoms with Gasteiger partial charge in [-0.05, 0) is 68.8 Å². The Morgan fingerprint density at radius 3 is 2.44 bits per heavy atom. The van der Waals surface area contributed by atoms with Crippen LogP contribution < -0.4 is 10.0 Å². The summed E-state index contributed by atoms with van der Waals surface area (Å²) < 4.78 is 27.6. The highest BCUT2D eigenvalue weighted by Crippen LogP contribution is 2.27. The van der Waals surface area contributed by atoms with E-state index in [2.05, 4.69) is 10.0 Å². The zero-order chi connectivity index (χ0) is 18.7. The van der Waals surface area contributed by atoms with Gasteiger partial charge in [0.1, 0.15) is 0 Å². The minimum absolute atomic E-state index is 0. The van der Waals surface area contributed by atoms with Gasteiger partial charge in [-0.3, -0.25) is 4.79 Å². The number of amides is 1. The molecule has 2 aliphatic heterocycles. The molecule has 8 heteroatoms. The minimum atomic E-state index is -3.59. The Morgan fingerprint density at radius 1 is 1.19 bits per heavy atom. The van der Waals surface area contributed by atoms with Gasteiger partial charge in [-0.25, -0.2) is 13.1 Å². The summed E-state index contributed by atoms with van der Waals surface area (Å²) in [6.07, 6.45) is 2.28. The summed E-state index contributed by atoms with van der Waals surface area (Å²) >= 11 is 0. The molecule has 152 valence electrons. The molecule has 27 heavy (non-hydrogen) atoms. The standard InChI is InChI=1S/C19H29N3O3S.ClH/c1-14-3-4-15(2)18(11-14)26(24,25)21-8-5-19(23)22-9-6-16-12-20-13-17(16)7-10-22;/h3-4,11,16-17,20-21H,5-10,12-13H2,1-2H3;1H/t16-,17+;. The number of benzene rings is 1. The Hall–Kier alpha value is -1.15. The zero-order valence-electron chi connectivity index (χ0n) is 16.0. The van der Waals surface area contributed by atoms with Crippen molar-refractivity contribution >= 4 is 28.3 Å². The molecule has 0 aliphatic carbocycles. The van der Waals surface area contributed by atoms with Crippen molar-refractivity contribution in [1.82, 2.24) is 14.9 Å². The largest absolute Gasteiger partial charge is 0.343 e. The Labute approximate surface area is 168 Å². The molecule has 2 heterocycles. The number of likely N-dealkylation sites (tertiary alicyclic amines) is 1. The number of aryl methyl sites for hydroxylation is 2. The molecule has 0 saturated carbocycles. The van der Waals surface area contributed by atoms with E-state index in [-0.39, 0.29) is 31.3 Å². The molecule has 2 N–H and O–H groups in total. The number of nitrogens with zero attached hydrogens (tertiary/aromatic N) is 1. The van der Waals surface area contributed by atoms with Crippen molar-refractivity contribution < 1.29 is 13.2 Å². The summed E-state index contributed by atoms with van der Waals surface area (Å²) in [5.41, 5.74) is 1.61. The van der Waals surface area contributed by atoms with Crippen molar-refractivity contribution in [1.29, 1.82) is 0 Å². The van der Waals surface area contributed by atoms with Crippen LogP contribution in [0.1, 0.15) is 30.4 Å². The number of rotatable bonds is 5. The summed E-state index contributed by atoms with van der Waals surface area (Å²) in [7, 11) is -3.59. The Balaban J connectivity index is 0.00000261. The van der Waals surface area contributed by atoms with Crippen LogP contribution in [0.25, 0.3) is 0 Å². The van der Waals surface area contributed by atoms with E-state index >= 15 is 0 Å². The van der Waals surface area contributed by atoms with E-state index in [9.17, 15) is 13.2 Å². The highest BCUT2D eigenvalue weighted by Gasteiger charge is 2.31. The van der Waals surface area contributed by atoms with Crippen LogP contribution in [-0.4, -0.2) is 51.9 Å². The fraction of sp³-hybridized carbons (Fsp3) is 0.632. The first-order valence-corrected chi connectivity index (χ1v) is 10.9. The summed E-state index contributed by atoms with van der Waals surface area (Å²) in [5.74, 6) is 1.40. The number of fused-ring (bicyclic) bond motifs is 1. The van der Waals surface area contributed by atoms with E-state index in [1.54, 1.807) is 19.1 Å². The van der Waals surface area contributed by atoms with Gasteiger partial charge in [0.05, 0.1) is 4.90 Å². The van der Waals surface area contributed by atoms with E-state index in [4.69, 9.17) is 0 Å². The molecule has 0 unspecified atom stereocenters. The summed E-state index contributed by atoms with van der Waals surface area (Å²) in [5, 5.41) is 3.43. The fourth-order valence-electron chi connectivity index (χ4n) is 3.99. The van der Waals surface area contributed by atoms with Gasteiger partial charge >= 0.3 is 0 Å². The number of hydrogen-bond acceptors (Lipinski definition) is 4. The summed E-state index contributed by atoms with van der Waals surface area (Å²) in [4.78, 5) is 14.7. The Morgan fingerprint density at radius 2 is 1.81 bits per heavy atom. The lowest BCUT2D eigenvalue weighted by atomic mass is 9.92. The number of carbonyl (C=O) groups excluding carboxylic acids is 1. The third-order valence-corrected chi connectivity index (χ3v) is 7.24. The number of hydrogen-bond donors (Lipinski definition) is 2. The van der Waals surface area contributed by atoms with E-state index in [1.807, 2.05) is 17.9 Å². The summed E-state index contributed by atoms with van der Waals surface area (Å²) in [6.45, 7) is 7.47. The van der Waals surface area contributed by atoms with Gasteiger partial charge in [-0.1, -0.05) is 12.1 Å². The topological polar surface area (TPSA) is 78.5 Å². The molecule has 2 saturated heterocycles. The van der Waals surface area contributed by atoms with Crippen LogP contribution in [0.15, 0.2) is 23.1 Å². The first kappa shape index (κ1) is 22.1. The van der Waals surface area contributed by atoms with Gasteiger partial charge < -0.3 is 10.2 Å². The molecule has 2 atom stereocenters. The van der Waals surface area contributed by atoms with Crippen LogP contribution in [0.2, 0.25) is 0 Å². The molecular weight excluding hydrogens is 386 g/mol. The Bertz CT molecular complexity index is 755. The van der Waals surface area contributed by atoms with E-state index in [1.165, 1.54) is 0 Å². The second-order valence-corrected chi connectivity index (χ2v) is 9.29. The fourth-order valence-corrected chi connectivity index (χ4v) is 5.35. The maximum atomic E-state index is 12.5. The van der Waals surface area contributed by atoms with Gasteiger partial charge in [-0.15, -0.1) is 12.4 Å². The monoisotopic (exact) mass is 415 g/mol. The molecule has 0 aromatic heterocycles. The SMILES string of the molecule is Cc1ccc(C)c(S(=O)(=O)NCCC(=O)N2CC[C@@H]3CNC[C@@H]3CC2)c1.Cl. The van der Waals surface area contributed by atoms with Gasteiger partial charge in [0.25, 0.3) is 0 Å². The quantitative estimate of drug-likeness (QED) is 0.769. The van der Waals surface area contributed by atoms with E-state index in [0.29, 0.717) is 22.3 Å². The molecule has 6 nitrogen and oxygen atoms in total. The molecule has 1 amide bonds. The number of nitrogens with one attached hydrogen (secondary N) is 2. The predicted octanol–water partition coefficient (Wildman–Crippen LogP) is 1.85. The van der Waals surface area contributed by atoms with Crippen molar-refractivity contribution in [2.24, 2.45) is 11.8 Å². The average Bonchev–Trinajstić information content (AvgIpc) is 2.95. The Kier molecular flexibility index (Phi) is 7.68. The third-order valence-electron chi connectivity index (χ3n) is 5.64.